The molecule has 0 saturated carbocycles. The second kappa shape index (κ2) is 10.6. The van der Waals surface area contributed by atoms with E-state index < -0.39 is 21.6 Å². The summed E-state index contributed by atoms with van der Waals surface area (Å²) in [5.41, 5.74) is 5.40. The Balaban J connectivity index is 0.00000361. The maximum atomic E-state index is 5.12. The van der Waals surface area contributed by atoms with Gasteiger partial charge in [-0.1, -0.05) is 86.6 Å². The zero-order chi connectivity index (χ0) is 25.4. The maximum Gasteiger partial charge on any atom is 2.00 e. The Labute approximate surface area is 232 Å². The molecular weight excluding hydrogens is 656 g/mol. The van der Waals surface area contributed by atoms with Crippen LogP contribution in [-0.4, -0.2) is 36.1 Å². The first-order valence-electron chi connectivity index (χ1n) is 12.1. The molecule has 4 heterocycles. The Kier molecular flexibility index (Phi) is 8.34. The van der Waals surface area contributed by atoms with E-state index in [1.165, 1.54) is 0 Å². The van der Waals surface area contributed by atoms with Crippen LogP contribution in [0.2, 0.25) is 39.3 Å². The second-order valence-corrected chi connectivity index (χ2v) is 21.5. The Morgan fingerprint density at radius 1 is 0.639 bits per heavy atom. The number of hydrogen-bond donors (Lipinski definition) is 0. The summed E-state index contributed by atoms with van der Waals surface area (Å²) in [4.78, 5) is 19.7. The van der Waals surface area contributed by atoms with Gasteiger partial charge in [-0.2, -0.15) is 0 Å². The molecule has 0 spiro atoms. The van der Waals surface area contributed by atoms with Crippen molar-refractivity contribution in [2.45, 2.75) is 58.5 Å². The molecule has 4 aromatic rings. The maximum absolute atomic E-state index is 5.12. The Hall–Kier alpha value is -2.28. The second-order valence-electron chi connectivity index (χ2n) is 11.6. The molecule has 0 aliphatic carbocycles. The van der Waals surface area contributed by atoms with Gasteiger partial charge in [-0.15, -0.1) is 35.4 Å². The summed E-state index contributed by atoms with van der Waals surface area (Å²) in [6.45, 7) is 18.2. The average Bonchev–Trinajstić information content (AvgIpc) is 2.83. The fourth-order valence-electron chi connectivity index (χ4n) is 4.23. The van der Waals surface area contributed by atoms with Crippen molar-refractivity contribution in [1.29, 1.82) is 0 Å². The molecule has 0 aromatic carbocycles. The molecule has 4 aromatic heterocycles. The molecule has 0 N–H and O–H groups in total. The van der Waals surface area contributed by atoms with Gasteiger partial charge in [-0.3, -0.25) is 0 Å². The van der Waals surface area contributed by atoms with E-state index >= 15 is 0 Å². The summed E-state index contributed by atoms with van der Waals surface area (Å²) in [5.74, 6) is 0. The van der Waals surface area contributed by atoms with Crippen molar-refractivity contribution in [3.63, 3.8) is 0 Å². The summed E-state index contributed by atoms with van der Waals surface area (Å²) >= 11 is 0. The average molecular weight is 690 g/mol. The Morgan fingerprint density at radius 2 is 1.03 bits per heavy atom. The van der Waals surface area contributed by atoms with Gasteiger partial charge in [0.1, 0.15) is 0 Å². The standard InChI is InChI=1S/C29H34N4Si2.Pt/c1-29(2,25-17-9-15-23(32-25)21-13-11-19-30-27(21)34(3,4)5)26-18-10-16-24(33-26)22-14-12-20-31-28(22)35(6,7)8;/h9-12,15-20H,1-8H3;/q-2;+2. The molecule has 0 saturated heterocycles. The van der Waals surface area contributed by atoms with Crippen molar-refractivity contribution in [3.05, 3.63) is 84.4 Å². The summed E-state index contributed by atoms with van der Waals surface area (Å²) < 4.78 is 0. The normalized spacial score (nSPS) is 12.2. The number of nitrogens with zero attached hydrogens (tertiary/aromatic N) is 4. The molecule has 0 fully saturated rings. The van der Waals surface area contributed by atoms with E-state index in [2.05, 4.69) is 102 Å². The monoisotopic (exact) mass is 689 g/mol. The van der Waals surface area contributed by atoms with E-state index in [4.69, 9.17) is 19.9 Å². The molecule has 0 bridgehead atoms. The molecule has 7 heteroatoms. The van der Waals surface area contributed by atoms with Crippen LogP contribution in [0.4, 0.5) is 0 Å². The van der Waals surface area contributed by atoms with Crippen molar-refractivity contribution in [2.24, 2.45) is 0 Å². The van der Waals surface area contributed by atoms with Gasteiger partial charge in [0.15, 0.2) is 0 Å². The van der Waals surface area contributed by atoms with E-state index in [1.54, 1.807) is 0 Å². The van der Waals surface area contributed by atoms with E-state index in [1.807, 2.05) is 24.5 Å². The summed E-state index contributed by atoms with van der Waals surface area (Å²) in [5, 5.41) is 2.27. The number of rotatable bonds is 6. The number of aromatic nitrogens is 4. The fourth-order valence-corrected chi connectivity index (χ4v) is 7.06. The predicted molar refractivity (Wildman–Crippen MR) is 151 cm³/mol. The molecule has 188 valence electrons. The van der Waals surface area contributed by atoms with Crippen LogP contribution in [0.3, 0.4) is 0 Å². The first-order valence-corrected chi connectivity index (χ1v) is 19.1. The van der Waals surface area contributed by atoms with Gasteiger partial charge in [-0.05, 0) is 37.4 Å². The molecule has 4 nitrogen and oxygen atoms in total. The third-order valence-corrected chi connectivity index (χ3v) is 9.80. The molecule has 4 rings (SSSR count). The zero-order valence-electron chi connectivity index (χ0n) is 22.4. The van der Waals surface area contributed by atoms with Crippen LogP contribution < -0.4 is 10.6 Å². The third-order valence-electron chi connectivity index (χ3n) is 6.20. The minimum Gasteiger partial charge on any atom is -0.359 e. The number of pyridine rings is 4. The fraction of sp³-hybridized carbons (Fsp3) is 0.310. The third kappa shape index (κ3) is 5.82. The Bertz CT molecular complexity index is 1250. The van der Waals surface area contributed by atoms with Crippen LogP contribution >= 0.6 is 0 Å². The van der Waals surface area contributed by atoms with Gasteiger partial charge in [0.2, 0.25) is 0 Å². The summed E-state index contributed by atoms with van der Waals surface area (Å²) in [7, 11) is -3.31. The molecule has 0 radical (unpaired) electrons. The SMILES string of the molecule is CC(C)(c1cccc(-c2[c-]ccnc2[Si](C)(C)C)n1)c1cccc(-c2[c-]ccnc2[Si](C)(C)C)n1.[Pt+2]. The zero-order valence-corrected chi connectivity index (χ0v) is 26.7. The van der Waals surface area contributed by atoms with Gasteiger partial charge in [0.25, 0.3) is 0 Å². The minimum atomic E-state index is -1.65. The summed E-state index contributed by atoms with van der Waals surface area (Å²) in [6.07, 6.45) is 3.68. The Morgan fingerprint density at radius 3 is 1.39 bits per heavy atom. The molecular formula is C29H34N4PtSi2. The van der Waals surface area contributed by atoms with Crippen molar-refractivity contribution >= 4 is 26.8 Å². The molecule has 0 atom stereocenters. The first-order chi connectivity index (χ1) is 16.4. The van der Waals surface area contributed by atoms with Crippen molar-refractivity contribution in [3.8, 4) is 22.5 Å². The minimum absolute atomic E-state index is 0. The van der Waals surface area contributed by atoms with Crippen molar-refractivity contribution in [1.82, 2.24) is 19.9 Å². The van der Waals surface area contributed by atoms with E-state index in [0.717, 1.165) is 44.5 Å². The van der Waals surface area contributed by atoms with Crippen LogP contribution in [0.5, 0.6) is 0 Å². The van der Waals surface area contributed by atoms with Gasteiger partial charge in [0, 0.05) is 16.8 Å². The van der Waals surface area contributed by atoms with Crippen LogP contribution in [0.1, 0.15) is 25.2 Å². The van der Waals surface area contributed by atoms with E-state index in [9.17, 15) is 0 Å². The van der Waals surface area contributed by atoms with Crippen LogP contribution in [0.15, 0.2) is 60.9 Å². The molecule has 36 heavy (non-hydrogen) atoms. The van der Waals surface area contributed by atoms with Crippen LogP contribution in [-0.2, 0) is 26.5 Å². The van der Waals surface area contributed by atoms with Crippen molar-refractivity contribution < 1.29 is 21.1 Å². The molecule has 0 aliphatic rings. The van der Waals surface area contributed by atoms with Gasteiger partial charge in [-0.25, -0.2) is 0 Å². The van der Waals surface area contributed by atoms with E-state index in [0.29, 0.717) is 0 Å². The van der Waals surface area contributed by atoms with Crippen molar-refractivity contribution in [2.75, 3.05) is 0 Å². The largest absolute Gasteiger partial charge is 2.00 e. The molecule has 0 unspecified atom stereocenters. The smallest absolute Gasteiger partial charge is 0.359 e. The predicted octanol–water partition coefficient (Wildman–Crippen LogP) is 5.61. The quantitative estimate of drug-likeness (QED) is 0.195. The van der Waals surface area contributed by atoms with Gasteiger partial charge >= 0.3 is 21.1 Å². The molecule has 0 aliphatic heterocycles. The summed E-state index contributed by atoms with van der Waals surface area (Å²) in [6, 6.07) is 23.1. The van der Waals surface area contributed by atoms with Crippen LogP contribution in [0, 0.1) is 12.1 Å². The first kappa shape index (κ1) is 28.3. The molecule has 0 amide bonds. The van der Waals surface area contributed by atoms with E-state index in [-0.39, 0.29) is 21.1 Å². The van der Waals surface area contributed by atoms with Gasteiger partial charge < -0.3 is 19.9 Å². The van der Waals surface area contributed by atoms with Gasteiger partial charge in [0.05, 0.1) is 16.1 Å². The topological polar surface area (TPSA) is 51.6 Å². The van der Waals surface area contributed by atoms with Crippen LogP contribution in [0.25, 0.3) is 22.5 Å². The number of hydrogen-bond acceptors (Lipinski definition) is 4.